The van der Waals surface area contributed by atoms with E-state index in [1.54, 1.807) is 7.05 Å². The van der Waals surface area contributed by atoms with Crippen molar-refractivity contribution in [2.24, 2.45) is 0 Å². The average Bonchev–Trinajstić information content (AvgIpc) is 2.31. The summed E-state index contributed by atoms with van der Waals surface area (Å²) in [7, 11) is 1.69. The van der Waals surface area contributed by atoms with Crippen molar-refractivity contribution in [2.45, 2.75) is 26.3 Å². The number of amides is 2. The van der Waals surface area contributed by atoms with Crippen molar-refractivity contribution in [2.75, 3.05) is 12.4 Å². The van der Waals surface area contributed by atoms with E-state index in [0.717, 1.165) is 11.3 Å². The van der Waals surface area contributed by atoms with Crippen molar-refractivity contribution >= 4 is 11.7 Å². The lowest BCUT2D eigenvalue weighted by Crippen LogP contribution is -2.38. The maximum atomic E-state index is 11.8. The predicted molar refractivity (Wildman–Crippen MR) is 67.7 cm³/mol. The fourth-order valence-corrected chi connectivity index (χ4v) is 1.32. The molecule has 1 aromatic carbocycles. The van der Waals surface area contributed by atoms with Gasteiger partial charge in [0, 0.05) is 18.8 Å². The molecule has 0 bridgehead atoms. The highest BCUT2D eigenvalue weighted by molar-refractivity contribution is 5.89. The first-order chi connectivity index (χ1) is 8.04. The third-order valence-corrected chi connectivity index (χ3v) is 2.67. The molecule has 4 nitrogen and oxygen atoms in total. The summed E-state index contributed by atoms with van der Waals surface area (Å²) in [6.45, 7) is 3.84. The van der Waals surface area contributed by atoms with Crippen LogP contribution in [0.2, 0.25) is 0 Å². The lowest BCUT2D eigenvalue weighted by molar-refractivity contribution is 0.208. The Morgan fingerprint density at radius 1 is 1.47 bits per heavy atom. The maximum absolute atomic E-state index is 11.8. The Morgan fingerprint density at radius 3 is 2.59 bits per heavy atom. The SMILES string of the molecule is Cc1ccc(NC(=O)N(C)C(C)CC#N)cc1. The Hall–Kier alpha value is -2.02. The van der Waals surface area contributed by atoms with Crippen molar-refractivity contribution in [3.05, 3.63) is 29.8 Å². The number of nitriles is 1. The molecule has 0 aliphatic carbocycles. The first kappa shape index (κ1) is 13.0. The van der Waals surface area contributed by atoms with Crippen LogP contribution in [0.5, 0.6) is 0 Å². The van der Waals surface area contributed by atoms with Crippen LogP contribution in [-0.4, -0.2) is 24.0 Å². The first-order valence-electron chi connectivity index (χ1n) is 5.52. The molecule has 1 aromatic rings. The van der Waals surface area contributed by atoms with Gasteiger partial charge in [-0.25, -0.2) is 4.79 Å². The molecule has 0 fully saturated rings. The van der Waals surface area contributed by atoms with Crippen LogP contribution in [0.1, 0.15) is 18.9 Å². The summed E-state index contributed by atoms with van der Waals surface area (Å²) in [6.07, 6.45) is 0.331. The summed E-state index contributed by atoms with van der Waals surface area (Å²) in [4.78, 5) is 13.3. The van der Waals surface area contributed by atoms with Crippen LogP contribution in [0, 0.1) is 18.3 Å². The molecule has 1 rings (SSSR count). The van der Waals surface area contributed by atoms with Gasteiger partial charge in [-0.05, 0) is 26.0 Å². The van der Waals surface area contributed by atoms with Gasteiger partial charge in [0.1, 0.15) is 0 Å². The summed E-state index contributed by atoms with van der Waals surface area (Å²) in [6, 6.07) is 9.36. The molecule has 17 heavy (non-hydrogen) atoms. The zero-order chi connectivity index (χ0) is 12.8. The van der Waals surface area contributed by atoms with Gasteiger partial charge in [0.15, 0.2) is 0 Å². The van der Waals surface area contributed by atoms with Crippen LogP contribution < -0.4 is 5.32 Å². The van der Waals surface area contributed by atoms with Crippen LogP contribution in [0.4, 0.5) is 10.5 Å². The molecule has 0 spiro atoms. The maximum Gasteiger partial charge on any atom is 0.321 e. The second-order valence-electron chi connectivity index (χ2n) is 4.12. The quantitative estimate of drug-likeness (QED) is 0.869. The van der Waals surface area contributed by atoms with Gasteiger partial charge < -0.3 is 10.2 Å². The zero-order valence-electron chi connectivity index (χ0n) is 10.4. The number of anilines is 1. The minimum absolute atomic E-state index is 0.0922. The molecule has 2 amide bonds. The molecule has 0 aliphatic heterocycles. The van der Waals surface area contributed by atoms with E-state index in [4.69, 9.17) is 5.26 Å². The predicted octanol–water partition coefficient (Wildman–Crippen LogP) is 2.76. The lowest BCUT2D eigenvalue weighted by Gasteiger charge is -2.23. The van der Waals surface area contributed by atoms with Gasteiger partial charge in [-0.1, -0.05) is 17.7 Å². The summed E-state index contributed by atoms with van der Waals surface area (Å²) < 4.78 is 0. The van der Waals surface area contributed by atoms with Crippen LogP contribution >= 0.6 is 0 Å². The number of aryl methyl sites for hydroxylation is 1. The Bertz CT molecular complexity index is 419. The topological polar surface area (TPSA) is 56.1 Å². The molecule has 1 unspecified atom stereocenters. The number of rotatable bonds is 3. The van der Waals surface area contributed by atoms with Gasteiger partial charge in [0.2, 0.25) is 0 Å². The molecule has 0 saturated carbocycles. The second-order valence-corrected chi connectivity index (χ2v) is 4.12. The van der Waals surface area contributed by atoms with Crippen molar-refractivity contribution in [1.82, 2.24) is 4.90 Å². The fraction of sp³-hybridized carbons (Fsp3) is 0.385. The third kappa shape index (κ3) is 3.80. The Kier molecular flexibility index (Phi) is 4.53. The molecule has 0 radical (unpaired) electrons. The second kappa shape index (κ2) is 5.90. The number of carbonyl (C=O) groups is 1. The van der Waals surface area contributed by atoms with Crippen LogP contribution in [-0.2, 0) is 0 Å². The van der Waals surface area contributed by atoms with Crippen molar-refractivity contribution in [1.29, 1.82) is 5.26 Å². The molecule has 0 heterocycles. The molecule has 0 aromatic heterocycles. The number of hydrogen-bond donors (Lipinski definition) is 1. The van der Waals surface area contributed by atoms with E-state index in [2.05, 4.69) is 11.4 Å². The van der Waals surface area contributed by atoms with E-state index in [9.17, 15) is 4.79 Å². The minimum Gasteiger partial charge on any atom is -0.324 e. The molecule has 0 aliphatic rings. The van der Waals surface area contributed by atoms with E-state index < -0.39 is 0 Å². The number of nitrogens with one attached hydrogen (secondary N) is 1. The Labute approximate surface area is 102 Å². The highest BCUT2D eigenvalue weighted by Crippen LogP contribution is 2.10. The molecular formula is C13H17N3O. The van der Waals surface area contributed by atoms with E-state index in [-0.39, 0.29) is 12.1 Å². The largest absolute Gasteiger partial charge is 0.324 e. The highest BCUT2D eigenvalue weighted by Gasteiger charge is 2.15. The highest BCUT2D eigenvalue weighted by atomic mass is 16.2. The molecular weight excluding hydrogens is 214 g/mol. The van der Waals surface area contributed by atoms with Crippen molar-refractivity contribution in [3.63, 3.8) is 0 Å². The van der Waals surface area contributed by atoms with E-state index in [0.29, 0.717) is 6.42 Å². The van der Waals surface area contributed by atoms with Gasteiger partial charge in [-0.15, -0.1) is 0 Å². The number of nitrogens with zero attached hydrogens (tertiary/aromatic N) is 2. The van der Waals surface area contributed by atoms with E-state index >= 15 is 0 Å². The van der Waals surface area contributed by atoms with Crippen LogP contribution in [0.15, 0.2) is 24.3 Å². The van der Waals surface area contributed by atoms with Crippen molar-refractivity contribution < 1.29 is 4.79 Å². The first-order valence-corrected chi connectivity index (χ1v) is 5.52. The fourth-order valence-electron chi connectivity index (χ4n) is 1.32. The molecule has 1 atom stereocenters. The monoisotopic (exact) mass is 231 g/mol. The van der Waals surface area contributed by atoms with Gasteiger partial charge in [0.05, 0.1) is 12.5 Å². The van der Waals surface area contributed by atoms with Gasteiger partial charge >= 0.3 is 6.03 Å². The Morgan fingerprint density at radius 2 is 2.06 bits per heavy atom. The molecule has 0 saturated heterocycles. The van der Waals surface area contributed by atoms with E-state index in [1.165, 1.54) is 4.90 Å². The summed E-state index contributed by atoms with van der Waals surface area (Å²) in [5.74, 6) is 0. The standard InChI is InChI=1S/C13H17N3O/c1-10-4-6-12(7-5-10)15-13(17)16(3)11(2)8-9-14/h4-7,11H,8H2,1-3H3,(H,15,17). The molecule has 90 valence electrons. The summed E-state index contributed by atoms with van der Waals surface area (Å²) in [5, 5.41) is 11.4. The van der Waals surface area contributed by atoms with Crippen LogP contribution in [0.25, 0.3) is 0 Å². The zero-order valence-corrected chi connectivity index (χ0v) is 10.4. The Balaban J connectivity index is 2.60. The van der Waals surface area contributed by atoms with E-state index in [1.807, 2.05) is 38.1 Å². The van der Waals surface area contributed by atoms with Gasteiger partial charge in [-0.2, -0.15) is 5.26 Å². The number of benzene rings is 1. The third-order valence-electron chi connectivity index (χ3n) is 2.67. The van der Waals surface area contributed by atoms with Crippen molar-refractivity contribution in [3.8, 4) is 6.07 Å². The molecule has 1 N–H and O–H groups in total. The summed E-state index contributed by atoms with van der Waals surface area (Å²) in [5.41, 5.74) is 1.91. The smallest absolute Gasteiger partial charge is 0.321 e. The lowest BCUT2D eigenvalue weighted by atomic mass is 10.2. The van der Waals surface area contributed by atoms with Crippen LogP contribution in [0.3, 0.4) is 0 Å². The minimum atomic E-state index is -0.198. The normalized spacial score (nSPS) is 11.4. The molecule has 4 heteroatoms. The van der Waals surface area contributed by atoms with Gasteiger partial charge in [0.25, 0.3) is 0 Å². The number of hydrogen-bond acceptors (Lipinski definition) is 2. The number of urea groups is 1. The average molecular weight is 231 g/mol. The summed E-state index contributed by atoms with van der Waals surface area (Å²) >= 11 is 0. The van der Waals surface area contributed by atoms with Gasteiger partial charge in [-0.3, -0.25) is 0 Å². The number of carbonyl (C=O) groups excluding carboxylic acids is 1.